The first-order valence-corrected chi connectivity index (χ1v) is 8.21. The molecule has 0 aliphatic carbocycles. The van der Waals surface area contributed by atoms with Gasteiger partial charge in [0.05, 0.1) is 0 Å². The van der Waals surface area contributed by atoms with E-state index in [1.165, 1.54) is 16.7 Å². The summed E-state index contributed by atoms with van der Waals surface area (Å²) in [5, 5.41) is 0. The summed E-state index contributed by atoms with van der Waals surface area (Å²) in [6.45, 7) is 6.36. The van der Waals surface area contributed by atoms with Crippen LogP contribution in [0.2, 0.25) is 0 Å². The number of benzene rings is 3. The number of hydrogen-bond donors (Lipinski definition) is 2. The van der Waals surface area contributed by atoms with Gasteiger partial charge in [0.15, 0.2) is 0 Å². The molecular weight excluding hydrogens is 292 g/mol. The van der Waals surface area contributed by atoms with Crippen molar-refractivity contribution in [3.8, 4) is 0 Å². The lowest BCUT2D eigenvalue weighted by molar-refractivity contribution is 0.694. The maximum atomic E-state index is 6.40. The first kappa shape index (κ1) is 16.1. The zero-order valence-electron chi connectivity index (χ0n) is 14.5. The second-order valence-corrected chi connectivity index (χ2v) is 6.65. The van der Waals surface area contributed by atoms with Gasteiger partial charge in [-0.2, -0.15) is 0 Å². The minimum Gasteiger partial charge on any atom is -0.398 e. The summed E-state index contributed by atoms with van der Waals surface area (Å²) in [7, 11) is 0. The van der Waals surface area contributed by atoms with E-state index >= 15 is 0 Å². The SMILES string of the molecule is Cc1ccc(C(C)(c2ccccc2)c2cc(C)c(N)cc2N)cc1. The van der Waals surface area contributed by atoms with Crippen LogP contribution in [-0.2, 0) is 5.41 Å². The van der Waals surface area contributed by atoms with Crippen molar-refractivity contribution >= 4 is 11.4 Å². The summed E-state index contributed by atoms with van der Waals surface area (Å²) in [6, 6.07) is 23.2. The minimum absolute atomic E-state index is 0.336. The van der Waals surface area contributed by atoms with Gasteiger partial charge in [0.25, 0.3) is 0 Å². The van der Waals surface area contributed by atoms with Crippen molar-refractivity contribution in [2.24, 2.45) is 0 Å². The Bertz CT molecular complexity index is 851. The predicted molar refractivity (Wildman–Crippen MR) is 103 cm³/mol. The van der Waals surface area contributed by atoms with E-state index in [1.54, 1.807) is 0 Å². The van der Waals surface area contributed by atoms with Crippen molar-refractivity contribution in [3.63, 3.8) is 0 Å². The van der Waals surface area contributed by atoms with Crippen molar-refractivity contribution in [1.29, 1.82) is 0 Å². The van der Waals surface area contributed by atoms with Gasteiger partial charge in [0, 0.05) is 16.8 Å². The molecule has 0 aliphatic heterocycles. The highest BCUT2D eigenvalue weighted by Crippen LogP contribution is 2.42. The number of hydrogen-bond acceptors (Lipinski definition) is 2. The van der Waals surface area contributed by atoms with Gasteiger partial charge in [-0.3, -0.25) is 0 Å². The molecule has 0 amide bonds. The zero-order chi connectivity index (χ0) is 17.3. The molecule has 0 fully saturated rings. The summed E-state index contributed by atoms with van der Waals surface area (Å²) in [4.78, 5) is 0. The average molecular weight is 316 g/mol. The Balaban J connectivity index is 2.31. The molecule has 0 aliphatic rings. The molecule has 3 aromatic rings. The predicted octanol–water partition coefficient (Wildman–Crippen LogP) is 4.82. The highest BCUT2D eigenvalue weighted by Gasteiger charge is 2.33. The first-order valence-electron chi connectivity index (χ1n) is 8.21. The summed E-state index contributed by atoms with van der Waals surface area (Å²) < 4.78 is 0. The second kappa shape index (κ2) is 6.04. The largest absolute Gasteiger partial charge is 0.398 e. The van der Waals surface area contributed by atoms with Gasteiger partial charge in [0.2, 0.25) is 0 Å². The molecule has 0 saturated heterocycles. The molecule has 2 heteroatoms. The van der Waals surface area contributed by atoms with Gasteiger partial charge in [-0.05, 0) is 49.1 Å². The lowest BCUT2D eigenvalue weighted by Gasteiger charge is -2.33. The van der Waals surface area contributed by atoms with Gasteiger partial charge >= 0.3 is 0 Å². The van der Waals surface area contributed by atoms with Gasteiger partial charge in [-0.1, -0.05) is 66.2 Å². The van der Waals surface area contributed by atoms with Crippen LogP contribution in [0.15, 0.2) is 66.7 Å². The zero-order valence-corrected chi connectivity index (χ0v) is 14.5. The third-order valence-corrected chi connectivity index (χ3v) is 4.96. The quantitative estimate of drug-likeness (QED) is 0.537. The Hall–Kier alpha value is -2.74. The average Bonchev–Trinajstić information content (AvgIpc) is 2.59. The summed E-state index contributed by atoms with van der Waals surface area (Å²) in [6.07, 6.45) is 0. The van der Waals surface area contributed by atoms with Crippen LogP contribution in [0.25, 0.3) is 0 Å². The number of rotatable bonds is 3. The van der Waals surface area contributed by atoms with Crippen LogP contribution in [0.3, 0.4) is 0 Å². The topological polar surface area (TPSA) is 52.0 Å². The first-order chi connectivity index (χ1) is 11.4. The van der Waals surface area contributed by atoms with Gasteiger partial charge < -0.3 is 11.5 Å². The summed E-state index contributed by atoms with van der Waals surface area (Å²) in [5.41, 5.74) is 19.4. The molecule has 3 aromatic carbocycles. The van der Waals surface area contributed by atoms with E-state index in [0.717, 1.165) is 22.5 Å². The third-order valence-electron chi connectivity index (χ3n) is 4.96. The normalized spacial score (nSPS) is 13.5. The standard InChI is InChI=1S/C22H24N2/c1-15-9-11-18(12-10-15)22(3,17-7-5-4-6-8-17)19-13-16(2)20(23)14-21(19)24/h4-14H,23-24H2,1-3H3. The van der Waals surface area contributed by atoms with Crippen LogP contribution in [0.4, 0.5) is 11.4 Å². The van der Waals surface area contributed by atoms with Crippen molar-refractivity contribution in [2.75, 3.05) is 11.5 Å². The molecule has 122 valence electrons. The molecule has 1 atom stereocenters. The van der Waals surface area contributed by atoms with E-state index in [1.807, 2.05) is 19.1 Å². The monoisotopic (exact) mass is 316 g/mol. The highest BCUT2D eigenvalue weighted by atomic mass is 14.6. The molecule has 0 aromatic heterocycles. The van der Waals surface area contributed by atoms with Crippen LogP contribution in [0.1, 0.15) is 34.7 Å². The minimum atomic E-state index is -0.336. The number of anilines is 2. The molecular formula is C22H24N2. The Morgan fingerprint density at radius 1 is 0.708 bits per heavy atom. The molecule has 1 unspecified atom stereocenters. The molecule has 3 rings (SSSR count). The summed E-state index contributed by atoms with van der Waals surface area (Å²) in [5.74, 6) is 0. The van der Waals surface area contributed by atoms with E-state index < -0.39 is 0 Å². The van der Waals surface area contributed by atoms with Crippen LogP contribution in [0, 0.1) is 13.8 Å². The number of nitrogens with two attached hydrogens (primary N) is 2. The Morgan fingerprint density at radius 3 is 1.92 bits per heavy atom. The molecule has 0 spiro atoms. The number of aryl methyl sites for hydroxylation is 2. The van der Waals surface area contributed by atoms with Gasteiger partial charge in [0.1, 0.15) is 0 Å². The molecule has 0 heterocycles. The Kier molecular flexibility index (Phi) is 4.06. The van der Waals surface area contributed by atoms with E-state index in [9.17, 15) is 0 Å². The molecule has 0 bridgehead atoms. The van der Waals surface area contributed by atoms with E-state index in [-0.39, 0.29) is 5.41 Å². The molecule has 4 N–H and O–H groups in total. The lowest BCUT2D eigenvalue weighted by Crippen LogP contribution is -2.27. The highest BCUT2D eigenvalue weighted by molar-refractivity contribution is 5.67. The molecule has 0 saturated carbocycles. The molecule has 24 heavy (non-hydrogen) atoms. The summed E-state index contributed by atoms with van der Waals surface area (Å²) >= 11 is 0. The van der Waals surface area contributed by atoms with Crippen molar-refractivity contribution < 1.29 is 0 Å². The van der Waals surface area contributed by atoms with Gasteiger partial charge in [-0.25, -0.2) is 0 Å². The van der Waals surface area contributed by atoms with E-state index in [4.69, 9.17) is 11.5 Å². The van der Waals surface area contributed by atoms with Crippen LogP contribution >= 0.6 is 0 Å². The third kappa shape index (κ3) is 2.65. The van der Waals surface area contributed by atoms with Gasteiger partial charge in [-0.15, -0.1) is 0 Å². The fourth-order valence-corrected chi connectivity index (χ4v) is 3.31. The van der Waals surface area contributed by atoms with Crippen molar-refractivity contribution in [3.05, 3.63) is 94.5 Å². The number of nitrogen functional groups attached to an aromatic ring is 2. The smallest absolute Gasteiger partial charge is 0.0443 e. The van der Waals surface area contributed by atoms with Crippen LogP contribution in [-0.4, -0.2) is 0 Å². The maximum Gasteiger partial charge on any atom is 0.0443 e. The second-order valence-electron chi connectivity index (χ2n) is 6.65. The Labute approximate surface area is 144 Å². The molecule has 0 radical (unpaired) electrons. The fraction of sp³-hybridized carbons (Fsp3) is 0.182. The lowest BCUT2D eigenvalue weighted by atomic mass is 9.70. The van der Waals surface area contributed by atoms with Crippen molar-refractivity contribution in [2.45, 2.75) is 26.2 Å². The van der Waals surface area contributed by atoms with E-state index in [2.05, 4.69) is 68.4 Å². The Morgan fingerprint density at radius 2 is 1.29 bits per heavy atom. The van der Waals surface area contributed by atoms with E-state index in [0.29, 0.717) is 0 Å². The van der Waals surface area contributed by atoms with Crippen molar-refractivity contribution in [1.82, 2.24) is 0 Å². The fourth-order valence-electron chi connectivity index (χ4n) is 3.31. The molecule has 2 nitrogen and oxygen atoms in total. The van der Waals surface area contributed by atoms with Crippen LogP contribution in [0.5, 0.6) is 0 Å². The van der Waals surface area contributed by atoms with Crippen LogP contribution < -0.4 is 11.5 Å². The maximum absolute atomic E-state index is 6.40.